The maximum Gasteiger partial charge on any atom is 0.0897 e. The van der Waals surface area contributed by atoms with E-state index in [1.54, 1.807) is 0 Å². The quantitative estimate of drug-likeness (QED) is 0.768. The molecule has 16 heavy (non-hydrogen) atoms. The summed E-state index contributed by atoms with van der Waals surface area (Å²) in [6, 6.07) is 7.54. The monoisotopic (exact) mass is 243 g/mol. The third kappa shape index (κ3) is 4.94. The Hall–Kier alpha value is -0.610. The van der Waals surface area contributed by atoms with Gasteiger partial charge in [0, 0.05) is 11.6 Å². The Morgan fingerprint density at radius 1 is 1.44 bits per heavy atom. The lowest BCUT2D eigenvalue weighted by atomic mass is 10.2. The molecule has 0 aliphatic heterocycles. The van der Waals surface area contributed by atoms with Crippen LogP contribution in [0, 0.1) is 0 Å². The third-order valence-electron chi connectivity index (χ3n) is 2.16. The van der Waals surface area contributed by atoms with Crippen molar-refractivity contribution < 1.29 is 9.84 Å². The van der Waals surface area contributed by atoms with Gasteiger partial charge in [-0.05, 0) is 18.2 Å². The zero-order valence-corrected chi connectivity index (χ0v) is 10.2. The number of rotatable bonds is 7. The van der Waals surface area contributed by atoms with Crippen LogP contribution < -0.4 is 5.32 Å². The molecule has 0 unspecified atom stereocenters. The molecule has 1 aromatic carbocycles. The minimum Gasteiger partial charge on any atom is -0.389 e. The summed E-state index contributed by atoms with van der Waals surface area (Å²) < 4.78 is 5.38. The van der Waals surface area contributed by atoms with Crippen molar-refractivity contribution >= 4 is 11.6 Å². The van der Waals surface area contributed by atoms with Gasteiger partial charge in [0.1, 0.15) is 0 Å². The molecule has 0 bridgehead atoms. The Morgan fingerprint density at radius 3 is 2.88 bits per heavy atom. The Morgan fingerprint density at radius 2 is 2.19 bits per heavy atom. The fraction of sp³-hybridized carbons (Fsp3) is 0.500. The van der Waals surface area contributed by atoms with Crippen LogP contribution in [0.4, 0.5) is 0 Å². The van der Waals surface area contributed by atoms with Gasteiger partial charge in [0.25, 0.3) is 0 Å². The average molecular weight is 244 g/mol. The molecule has 0 aromatic heterocycles. The number of benzene rings is 1. The van der Waals surface area contributed by atoms with Crippen LogP contribution in [0.15, 0.2) is 24.3 Å². The van der Waals surface area contributed by atoms with Crippen molar-refractivity contribution in [3.8, 4) is 0 Å². The molecule has 0 amide bonds. The summed E-state index contributed by atoms with van der Waals surface area (Å²) in [5.74, 6) is 0. The molecule has 2 N–H and O–H groups in total. The van der Waals surface area contributed by atoms with E-state index in [-0.39, 0.29) is 0 Å². The Labute approximate surface area is 101 Å². The van der Waals surface area contributed by atoms with Gasteiger partial charge in [-0.25, -0.2) is 0 Å². The average Bonchev–Trinajstić information content (AvgIpc) is 2.29. The number of aliphatic hydroxyl groups excluding tert-OH is 1. The normalized spacial score (nSPS) is 12.7. The highest BCUT2D eigenvalue weighted by atomic mass is 35.5. The second kappa shape index (κ2) is 7.63. The molecular weight excluding hydrogens is 226 g/mol. The first-order chi connectivity index (χ1) is 7.74. The van der Waals surface area contributed by atoms with Crippen molar-refractivity contribution in [3.05, 3.63) is 34.9 Å². The lowest BCUT2D eigenvalue weighted by Gasteiger charge is -2.11. The van der Waals surface area contributed by atoms with Crippen molar-refractivity contribution in [1.29, 1.82) is 0 Å². The van der Waals surface area contributed by atoms with Crippen LogP contribution in [-0.4, -0.2) is 30.9 Å². The van der Waals surface area contributed by atoms with Crippen LogP contribution in [0.3, 0.4) is 0 Å². The zero-order chi connectivity index (χ0) is 11.8. The summed E-state index contributed by atoms with van der Waals surface area (Å²) in [7, 11) is 0. The van der Waals surface area contributed by atoms with Gasteiger partial charge in [-0.3, -0.25) is 0 Å². The molecule has 0 aliphatic carbocycles. The number of hydrogen-bond donors (Lipinski definition) is 2. The Bertz CT molecular complexity index is 307. The number of aliphatic hydroxyl groups is 1. The molecule has 0 saturated carbocycles. The number of hydrogen-bond acceptors (Lipinski definition) is 3. The van der Waals surface area contributed by atoms with E-state index < -0.39 is 6.10 Å². The van der Waals surface area contributed by atoms with E-state index in [0.717, 1.165) is 12.1 Å². The SMILES string of the molecule is CCNC[C@H](O)COCc1ccccc1Cl. The highest BCUT2D eigenvalue weighted by molar-refractivity contribution is 6.31. The second-order valence-corrected chi connectivity index (χ2v) is 3.98. The highest BCUT2D eigenvalue weighted by Gasteiger charge is 2.04. The predicted molar refractivity (Wildman–Crippen MR) is 65.7 cm³/mol. The summed E-state index contributed by atoms with van der Waals surface area (Å²) in [5, 5.41) is 13.3. The zero-order valence-electron chi connectivity index (χ0n) is 9.45. The lowest BCUT2D eigenvalue weighted by Crippen LogP contribution is -2.30. The van der Waals surface area contributed by atoms with Gasteiger partial charge in [-0.1, -0.05) is 36.7 Å². The van der Waals surface area contributed by atoms with Crippen LogP contribution in [0.2, 0.25) is 5.02 Å². The lowest BCUT2D eigenvalue weighted by molar-refractivity contribution is 0.0291. The fourth-order valence-corrected chi connectivity index (χ4v) is 1.48. The van der Waals surface area contributed by atoms with E-state index in [1.807, 2.05) is 31.2 Å². The first-order valence-corrected chi connectivity index (χ1v) is 5.81. The van der Waals surface area contributed by atoms with Crippen molar-refractivity contribution in [2.45, 2.75) is 19.6 Å². The summed E-state index contributed by atoms with van der Waals surface area (Å²) in [5.41, 5.74) is 0.944. The van der Waals surface area contributed by atoms with Gasteiger partial charge in [0.15, 0.2) is 0 Å². The van der Waals surface area contributed by atoms with E-state index in [4.69, 9.17) is 16.3 Å². The first-order valence-electron chi connectivity index (χ1n) is 5.44. The first kappa shape index (κ1) is 13.5. The van der Waals surface area contributed by atoms with Gasteiger partial charge < -0.3 is 15.2 Å². The molecule has 90 valence electrons. The van der Waals surface area contributed by atoms with Crippen molar-refractivity contribution in [1.82, 2.24) is 5.32 Å². The number of ether oxygens (including phenoxy) is 1. The van der Waals surface area contributed by atoms with Crippen molar-refractivity contribution in [2.24, 2.45) is 0 Å². The van der Waals surface area contributed by atoms with E-state index in [1.165, 1.54) is 0 Å². The molecule has 0 radical (unpaired) electrons. The molecular formula is C12H18ClNO2. The van der Waals surface area contributed by atoms with Crippen molar-refractivity contribution in [2.75, 3.05) is 19.7 Å². The molecule has 0 aliphatic rings. The number of nitrogens with one attached hydrogen (secondary N) is 1. The Kier molecular flexibility index (Phi) is 6.42. The topological polar surface area (TPSA) is 41.5 Å². The van der Waals surface area contributed by atoms with Gasteiger partial charge in [0.05, 0.1) is 19.3 Å². The van der Waals surface area contributed by atoms with E-state index in [2.05, 4.69) is 5.32 Å². The smallest absolute Gasteiger partial charge is 0.0897 e. The molecule has 4 heteroatoms. The van der Waals surface area contributed by atoms with Crippen LogP contribution in [0.25, 0.3) is 0 Å². The largest absolute Gasteiger partial charge is 0.389 e. The summed E-state index contributed by atoms with van der Waals surface area (Å²) in [4.78, 5) is 0. The minimum atomic E-state index is -0.470. The summed E-state index contributed by atoms with van der Waals surface area (Å²) >= 11 is 5.97. The van der Waals surface area contributed by atoms with E-state index in [9.17, 15) is 5.11 Å². The van der Waals surface area contributed by atoms with Crippen LogP contribution in [0.5, 0.6) is 0 Å². The van der Waals surface area contributed by atoms with Gasteiger partial charge in [-0.2, -0.15) is 0 Å². The molecule has 0 heterocycles. The van der Waals surface area contributed by atoms with E-state index in [0.29, 0.717) is 24.8 Å². The standard InChI is InChI=1S/C12H18ClNO2/c1-2-14-7-11(15)9-16-8-10-5-3-4-6-12(10)13/h3-6,11,14-15H,2,7-9H2,1H3/t11-/m0/s1. The number of likely N-dealkylation sites (N-methyl/N-ethyl adjacent to an activating group) is 1. The van der Waals surface area contributed by atoms with Crippen LogP contribution >= 0.6 is 11.6 Å². The van der Waals surface area contributed by atoms with Gasteiger partial charge in [-0.15, -0.1) is 0 Å². The fourth-order valence-electron chi connectivity index (χ4n) is 1.29. The number of halogens is 1. The summed E-state index contributed by atoms with van der Waals surface area (Å²) in [6.07, 6.45) is -0.470. The van der Waals surface area contributed by atoms with Crippen molar-refractivity contribution in [3.63, 3.8) is 0 Å². The molecule has 0 spiro atoms. The molecule has 3 nitrogen and oxygen atoms in total. The molecule has 1 atom stereocenters. The van der Waals surface area contributed by atoms with Gasteiger partial charge in [0.2, 0.25) is 0 Å². The Balaban J connectivity index is 2.23. The molecule has 1 rings (SSSR count). The molecule has 0 fully saturated rings. The van der Waals surface area contributed by atoms with Crippen LogP contribution in [0.1, 0.15) is 12.5 Å². The predicted octanol–water partition coefficient (Wildman–Crippen LogP) is 1.83. The highest BCUT2D eigenvalue weighted by Crippen LogP contribution is 2.15. The maximum absolute atomic E-state index is 9.51. The summed E-state index contributed by atoms with van der Waals surface area (Å²) in [6.45, 7) is 4.15. The van der Waals surface area contributed by atoms with Crippen LogP contribution in [-0.2, 0) is 11.3 Å². The third-order valence-corrected chi connectivity index (χ3v) is 2.52. The molecule has 1 aromatic rings. The van der Waals surface area contributed by atoms with Gasteiger partial charge >= 0.3 is 0 Å². The molecule has 0 saturated heterocycles. The maximum atomic E-state index is 9.51. The second-order valence-electron chi connectivity index (χ2n) is 3.57. The van der Waals surface area contributed by atoms with E-state index >= 15 is 0 Å². The minimum absolute atomic E-state index is 0.318.